The second kappa shape index (κ2) is 10.7. The minimum absolute atomic E-state index is 0.00353. The highest BCUT2D eigenvalue weighted by atomic mass is 16.5. The SMILES string of the molecule is COc1ccccc1O.NC(CO)C(=O)NNCc1ccc(O)c(O)c1O. The zero-order valence-electron chi connectivity index (χ0n) is 14.6. The molecule has 0 radical (unpaired) electrons. The molecule has 2 rings (SSSR count). The predicted molar refractivity (Wildman–Crippen MR) is 96.1 cm³/mol. The Bertz CT molecular complexity index is 755. The number of nitrogens with two attached hydrogens (primary N) is 1. The number of carbonyl (C=O) groups is 1. The summed E-state index contributed by atoms with van der Waals surface area (Å²) in [6, 6.07) is 8.37. The Morgan fingerprint density at radius 2 is 1.74 bits per heavy atom. The number of rotatable bonds is 6. The van der Waals surface area contributed by atoms with Crippen LogP contribution in [0.4, 0.5) is 0 Å². The van der Waals surface area contributed by atoms with E-state index in [9.17, 15) is 15.0 Å². The first-order valence-electron chi connectivity index (χ1n) is 7.75. The smallest absolute Gasteiger partial charge is 0.253 e. The van der Waals surface area contributed by atoms with Gasteiger partial charge in [0.2, 0.25) is 5.75 Å². The number of amides is 1. The van der Waals surface area contributed by atoms with Crippen LogP contribution in [0.3, 0.4) is 0 Å². The van der Waals surface area contributed by atoms with Crippen LogP contribution in [0.1, 0.15) is 5.56 Å². The van der Waals surface area contributed by atoms with Crippen molar-refractivity contribution in [1.82, 2.24) is 10.9 Å². The number of nitrogens with one attached hydrogen (secondary N) is 2. The van der Waals surface area contributed by atoms with Crippen LogP contribution in [-0.4, -0.2) is 51.2 Å². The summed E-state index contributed by atoms with van der Waals surface area (Å²) in [5.41, 5.74) is 10.2. The second-order valence-electron chi connectivity index (χ2n) is 5.24. The van der Waals surface area contributed by atoms with Gasteiger partial charge in [-0.3, -0.25) is 10.2 Å². The molecule has 0 fully saturated rings. The fourth-order valence-corrected chi connectivity index (χ4v) is 1.79. The van der Waals surface area contributed by atoms with Crippen LogP contribution in [0.15, 0.2) is 36.4 Å². The molecule has 2 aromatic rings. The first-order valence-corrected chi connectivity index (χ1v) is 7.75. The van der Waals surface area contributed by atoms with Crippen molar-refractivity contribution in [3.05, 3.63) is 42.0 Å². The Morgan fingerprint density at radius 3 is 2.30 bits per heavy atom. The van der Waals surface area contributed by atoms with E-state index in [0.717, 1.165) is 0 Å². The van der Waals surface area contributed by atoms with Crippen LogP contribution in [0.5, 0.6) is 28.7 Å². The number of hydrogen-bond acceptors (Lipinski definition) is 9. The highest BCUT2D eigenvalue weighted by molar-refractivity contribution is 5.81. The fraction of sp³-hybridized carbons (Fsp3) is 0.235. The van der Waals surface area contributed by atoms with Gasteiger partial charge in [0.25, 0.3) is 5.91 Å². The topological polar surface area (TPSA) is 178 Å². The maximum atomic E-state index is 11.2. The second-order valence-corrected chi connectivity index (χ2v) is 5.24. The van der Waals surface area contributed by atoms with E-state index in [0.29, 0.717) is 5.75 Å². The Kier molecular flexibility index (Phi) is 8.66. The predicted octanol–water partition coefficient (Wildman–Crippen LogP) is -0.355. The number of phenolic OH excluding ortho intramolecular Hbond substituents is 4. The molecule has 148 valence electrons. The van der Waals surface area contributed by atoms with Gasteiger partial charge in [-0.2, -0.15) is 0 Å². The zero-order chi connectivity index (χ0) is 20.4. The van der Waals surface area contributed by atoms with Crippen LogP contribution in [0, 0.1) is 0 Å². The number of phenols is 4. The van der Waals surface area contributed by atoms with Gasteiger partial charge in [-0.1, -0.05) is 18.2 Å². The monoisotopic (exact) mass is 381 g/mol. The molecule has 0 heterocycles. The molecule has 0 saturated heterocycles. The molecular weight excluding hydrogens is 358 g/mol. The standard InChI is InChI=1S/C10H15N3O5.C7H8O2/c11-6(4-14)10(18)13-12-3-5-1-2-7(15)9(17)8(5)16;1-9-7-5-3-2-4-6(7)8/h1-2,6,12,14-17H,3-4,11H2,(H,13,18);2-5,8H,1H3. The van der Waals surface area contributed by atoms with E-state index >= 15 is 0 Å². The normalized spacial score (nSPS) is 11.1. The summed E-state index contributed by atoms with van der Waals surface area (Å²) in [7, 11) is 1.52. The van der Waals surface area contributed by atoms with Crippen LogP contribution >= 0.6 is 0 Å². The Labute approximate surface area is 155 Å². The third-order valence-electron chi connectivity index (χ3n) is 3.32. The number of aliphatic hydroxyl groups excluding tert-OH is 1. The molecule has 1 amide bonds. The summed E-state index contributed by atoms with van der Waals surface area (Å²) >= 11 is 0. The fourth-order valence-electron chi connectivity index (χ4n) is 1.79. The van der Waals surface area contributed by atoms with Gasteiger partial charge >= 0.3 is 0 Å². The molecule has 10 nitrogen and oxygen atoms in total. The van der Waals surface area contributed by atoms with Crippen molar-refractivity contribution in [2.24, 2.45) is 5.73 Å². The quantitative estimate of drug-likeness (QED) is 0.245. The van der Waals surface area contributed by atoms with Crippen molar-refractivity contribution in [3.8, 4) is 28.7 Å². The van der Waals surface area contributed by atoms with Gasteiger partial charge in [0, 0.05) is 12.1 Å². The van der Waals surface area contributed by atoms with Gasteiger partial charge in [0.15, 0.2) is 23.0 Å². The minimum Gasteiger partial charge on any atom is -0.504 e. The highest BCUT2D eigenvalue weighted by Crippen LogP contribution is 2.36. The van der Waals surface area contributed by atoms with Gasteiger partial charge in [0.1, 0.15) is 6.04 Å². The molecule has 2 aromatic carbocycles. The summed E-state index contributed by atoms with van der Waals surface area (Å²) in [5.74, 6) is -1.48. The van der Waals surface area contributed by atoms with Crippen LogP contribution in [0.25, 0.3) is 0 Å². The third-order valence-corrected chi connectivity index (χ3v) is 3.32. The number of ether oxygens (including phenoxy) is 1. The van der Waals surface area contributed by atoms with E-state index in [2.05, 4.69) is 10.9 Å². The molecule has 0 aromatic heterocycles. The molecule has 0 aliphatic heterocycles. The van der Waals surface area contributed by atoms with Gasteiger partial charge in [-0.05, 0) is 18.2 Å². The number of benzene rings is 2. The molecule has 1 atom stereocenters. The highest BCUT2D eigenvalue weighted by Gasteiger charge is 2.13. The summed E-state index contributed by atoms with van der Waals surface area (Å²) in [6.45, 7) is -0.484. The molecule has 0 bridgehead atoms. The van der Waals surface area contributed by atoms with Crippen LogP contribution in [-0.2, 0) is 11.3 Å². The Hall–Kier alpha value is -3.21. The average molecular weight is 381 g/mol. The Balaban J connectivity index is 0.000000337. The first kappa shape index (κ1) is 21.8. The lowest BCUT2D eigenvalue weighted by Gasteiger charge is -2.12. The molecular formula is C17H23N3O7. The van der Waals surface area contributed by atoms with Crippen molar-refractivity contribution >= 4 is 5.91 Å². The zero-order valence-corrected chi connectivity index (χ0v) is 14.6. The van der Waals surface area contributed by atoms with Crippen molar-refractivity contribution in [3.63, 3.8) is 0 Å². The molecule has 10 heteroatoms. The molecule has 0 aliphatic rings. The number of aliphatic hydroxyl groups is 1. The lowest BCUT2D eigenvalue weighted by molar-refractivity contribution is -0.124. The number of aromatic hydroxyl groups is 4. The lowest BCUT2D eigenvalue weighted by Crippen LogP contribution is -2.48. The number of para-hydroxylation sites is 2. The molecule has 0 saturated carbocycles. The van der Waals surface area contributed by atoms with Gasteiger partial charge in [-0.25, -0.2) is 5.43 Å². The molecule has 9 N–H and O–H groups in total. The first-order chi connectivity index (χ1) is 12.8. The van der Waals surface area contributed by atoms with Gasteiger partial charge < -0.3 is 36.0 Å². The van der Waals surface area contributed by atoms with Crippen molar-refractivity contribution in [1.29, 1.82) is 0 Å². The summed E-state index contributed by atoms with van der Waals surface area (Å²) in [6.07, 6.45) is 0. The lowest BCUT2D eigenvalue weighted by atomic mass is 10.2. The maximum absolute atomic E-state index is 11.2. The van der Waals surface area contributed by atoms with Crippen molar-refractivity contribution < 1.29 is 35.1 Å². The van der Waals surface area contributed by atoms with E-state index in [1.54, 1.807) is 24.3 Å². The molecule has 27 heavy (non-hydrogen) atoms. The maximum Gasteiger partial charge on any atom is 0.253 e. The number of hydrazine groups is 1. The van der Waals surface area contributed by atoms with E-state index in [4.69, 9.17) is 25.8 Å². The number of carbonyl (C=O) groups excluding carboxylic acids is 1. The average Bonchev–Trinajstić information content (AvgIpc) is 2.68. The van der Waals surface area contributed by atoms with Crippen molar-refractivity contribution in [2.45, 2.75) is 12.6 Å². The number of methoxy groups -OCH3 is 1. The summed E-state index contributed by atoms with van der Waals surface area (Å²) < 4.78 is 4.79. The van der Waals surface area contributed by atoms with E-state index in [1.165, 1.54) is 19.2 Å². The summed E-state index contributed by atoms with van der Waals surface area (Å²) in [5, 5.41) is 45.4. The van der Waals surface area contributed by atoms with Crippen molar-refractivity contribution in [2.75, 3.05) is 13.7 Å². The van der Waals surface area contributed by atoms with E-state index in [-0.39, 0.29) is 17.9 Å². The third kappa shape index (κ3) is 6.55. The Morgan fingerprint density at radius 1 is 1.07 bits per heavy atom. The number of hydrogen-bond donors (Lipinski definition) is 8. The van der Waals surface area contributed by atoms with E-state index < -0.39 is 35.8 Å². The van der Waals surface area contributed by atoms with Crippen LogP contribution < -0.4 is 21.3 Å². The molecule has 0 aliphatic carbocycles. The minimum atomic E-state index is -1.04. The molecule has 1 unspecified atom stereocenters. The van der Waals surface area contributed by atoms with Gasteiger partial charge in [0.05, 0.1) is 13.7 Å². The summed E-state index contributed by atoms with van der Waals surface area (Å²) in [4.78, 5) is 11.2. The molecule has 0 spiro atoms. The van der Waals surface area contributed by atoms with E-state index in [1.807, 2.05) is 0 Å². The largest absolute Gasteiger partial charge is 0.504 e. The van der Waals surface area contributed by atoms with Crippen LogP contribution in [0.2, 0.25) is 0 Å². The van der Waals surface area contributed by atoms with Gasteiger partial charge in [-0.15, -0.1) is 0 Å².